The molecular weight excluding hydrogens is 224 g/mol. The van der Waals surface area contributed by atoms with Crippen molar-refractivity contribution in [1.29, 1.82) is 0 Å². The molecule has 0 aliphatic heterocycles. The molecule has 0 aliphatic carbocycles. The predicted molar refractivity (Wildman–Crippen MR) is 50.4 cm³/mol. The van der Waals surface area contributed by atoms with Crippen molar-refractivity contribution in [3.05, 3.63) is 25.3 Å². The predicted octanol–water partition coefficient (Wildman–Crippen LogP) is -1.13. The fourth-order valence-electron chi connectivity index (χ4n) is 0.767. The van der Waals surface area contributed by atoms with Crippen LogP contribution in [-0.2, 0) is 16.9 Å². The lowest BCUT2D eigenvalue weighted by Gasteiger charge is -1.88. The van der Waals surface area contributed by atoms with E-state index in [1.165, 1.54) is 0 Å². The van der Waals surface area contributed by atoms with Crippen molar-refractivity contribution in [3.63, 3.8) is 0 Å². The number of aliphatic hydroxyl groups is 1. The average molecular weight is 236 g/mol. The largest absolute Gasteiger partial charge is 0.726 e. The normalized spacial score (nSPS) is 10.3. The van der Waals surface area contributed by atoms with Crippen LogP contribution in [0, 0.1) is 0 Å². The lowest BCUT2D eigenvalue weighted by atomic mass is 10.7. The van der Waals surface area contributed by atoms with Crippen molar-refractivity contribution >= 4 is 16.6 Å². The topological polar surface area (TPSA) is 106 Å². The highest BCUT2D eigenvalue weighted by Crippen LogP contribution is 1.81. The minimum atomic E-state index is -4.92. The van der Waals surface area contributed by atoms with Gasteiger partial charge in [0.25, 0.3) is 0 Å². The maximum absolute atomic E-state index is 8.63. The molecule has 1 rings (SSSR count). The van der Waals surface area contributed by atoms with Gasteiger partial charge in [-0.1, -0.05) is 6.58 Å². The molecule has 0 saturated carbocycles. The molecular formula is C7H12N2O5S. The van der Waals surface area contributed by atoms with Crippen LogP contribution in [0.25, 0.3) is 6.20 Å². The molecule has 7 nitrogen and oxygen atoms in total. The van der Waals surface area contributed by atoms with Gasteiger partial charge in [-0.2, -0.15) is 0 Å². The van der Waals surface area contributed by atoms with Crippen molar-refractivity contribution in [1.82, 2.24) is 4.57 Å². The van der Waals surface area contributed by atoms with Crippen molar-refractivity contribution in [3.8, 4) is 0 Å². The Morgan fingerprint density at radius 2 is 2.13 bits per heavy atom. The quantitative estimate of drug-likeness (QED) is 0.392. The summed E-state index contributed by atoms with van der Waals surface area (Å²) in [6, 6.07) is 0. The highest BCUT2D eigenvalue weighted by atomic mass is 32.3. The molecule has 0 radical (unpaired) electrons. The summed E-state index contributed by atoms with van der Waals surface area (Å²) in [7, 11) is -4.92. The van der Waals surface area contributed by atoms with Gasteiger partial charge < -0.3 is 9.66 Å². The van der Waals surface area contributed by atoms with Gasteiger partial charge in [0.15, 0.2) is 0 Å². The summed E-state index contributed by atoms with van der Waals surface area (Å²) in [5, 5.41) is 8.55. The molecule has 0 spiro atoms. The third kappa shape index (κ3) is 9.09. The number of rotatable bonds is 3. The number of nitrogens with zero attached hydrogens (tertiary/aromatic N) is 2. The first-order valence-electron chi connectivity index (χ1n) is 3.85. The van der Waals surface area contributed by atoms with Crippen LogP contribution in [0.1, 0.15) is 0 Å². The second kappa shape index (κ2) is 6.30. The van der Waals surface area contributed by atoms with Crippen LogP contribution in [0.15, 0.2) is 25.3 Å². The van der Waals surface area contributed by atoms with E-state index in [1.54, 1.807) is 6.20 Å². The maximum Gasteiger partial charge on any atom is 0.248 e. The number of aromatic nitrogens is 2. The smallest absolute Gasteiger partial charge is 0.248 e. The standard InChI is InChI=1S/C7H11N2O.H2O4S/c1-2-8-3-4-9(7-8)5-6-10;1-5(2,3)4/h2-4,7,10H,1,5-6H2;(H2,1,2,3,4)/q+1;/p-1. The number of hydrogen-bond acceptors (Lipinski definition) is 4. The Balaban J connectivity index is 0.000000336. The van der Waals surface area contributed by atoms with Gasteiger partial charge in [-0.05, 0) is 0 Å². The lowest BCUT2D eigenvalue weighted by molar-refractivity contribution is -0.697. The number of imidazole rings is 1. The molecule has 0 bridgehead atoms. The minimum absolute atomic E-state index is 0.172. The van der Waals surface area contributed by atoms with Gasteiger partial charge in [-0.25, -0.2) is 17.6 Å². The van der Waals surface area contributed by atoms with E-state index in [1.807, 2.05) is 27.9 Å². The highest BCUT2D eigenvalue weighted by molar-refractivity contribution is 7.79. The molecule has 0 aliphatic rings. The first-order valence-corrected chi connectivity index (χ1v) is 5.21. The first kappa shape index (κ1) is 13.8. The maximum atomic E-state index is 8.63. The molecule has 86 valence electrons. The first-order chi connectivity index (χ1) is 6.86. The molecule has 8 heteroatoms. The fraction of sp³-hybridized carbons (Fsp3) is 0.286. The molecule has 1 aromatic rings. The zero-order valence-corrected chi connectivity index (χ0v) is 8.67. The summed E-state index contributed by atoms with van der Waals surface area (Å²) in [5.74, 6) is 0. The minimum Gasteiger partial charge on any atom is -0.726 e. The van der Waals surface area contributed by atoms with Crippen molar-refractivity contribution in [2.75, 3.05) is 6.61 Å². The summed E-state index contributed by atoms with van der Waals surface area (Å²) in [6.45, 7) is 4.40. The van der Waals surface area contributed by atoms with Gasteiger partial charge >= 0.3 is 0 Å². The molecule has 1 aromatic heterocycles. The van der Waals surface area contributed by atoms with Crippen LogP contribution in [0.5, 0.6) is 0 Å². The van der Waals surface area contributed by atoms with Crippen molar-refractivity contribution in [2.24, 2.45) is 0 Å². The molecule has 15 heavy (non-hydrogen) atoms. The van der Waals surface area contributed by atoms with E-state index in [2.05, 4.69) is 6.58 Å². The number of hydrogen-bond donors (Lipinski definition) is 2. The Morgan fingerprint density at radius 1 is 1.60 bits per heavy atom. The monoisotopic (exact) mass is 236 g/mol. The zero-order valence-electron chi connectivity index (χ0n) is 7.85. The Kier molecular flexibility index (Phi) is 5.79. The van der Waals surface area contributed by atoms with Crippen molar-refractivity contribution < 1.29 is 27.2 Å². The summed E-state index contributed by atoms with van der Waals surface area (Å²) < 4.78 is 36.6. The SMILES string of the molecule is C=Cn1cc[n+](CCO)c1.O=S(=O)([O-])O. The Labute approximate surface area is 87.5 Å². The summed E-state index contributed by atoms with van der Waals surface area (Å²) >= 11 is 0. The molecule has 0 aromatic carbocycles. The third-order valence-corrected chi connectivity index (χ3v) is 1.28. The van der Waals surface area contributed by atoms with E-state index in [-0.39, 0.29) is 6.61 Å². The van der Waals surface area contributed by atoms with Gasteiger partial charge in [-0.15, -0.1) is 0 Å². The molecule has 0 saturated heterocycles. The Hall–Kier alpha value is -1.22. The third-order valence-electron chi connectivity index (χ3n) is 1.28. The van der Waals surface area contributed by atoms with E-state index >= 15 is 0 Å². The van der Waals surface area contributed by atoms with Crippen LogP contribution in [-0.4, -0.2) is 33.8 Å². The summed E-state index contributed by atoms with van der Waals surface area (Å²) in [6.07, 6.45) is 7.33. The van der Waals surface area contributed by atoms with Gasteiger partial charge in [0.2, 0.25) is 16.7 Å². The van der Waals surface area contributed by atoms with Crippen LogP contribution in [0.2, 0.25) is 0 Å². The molecule has 0 amide bonds. The van der Waals surface area contributed by atoms with Crippen LogP contribution in [0.3, 0.4) is 0 Å². The van der Waals surface area contributed by atoms with Crippen LogP contribution >= 0.6 is 0 Å². The molecule has 1 heterocycles. The highest BCUT2D eigenvalue weighted by Gasteiger charge is 1.97. The Morgan fingerprint density at radius 3 is 2.47 bits per heavy atom. The van der Waals surface area contributed by atoms with Crippen LogP contribution < -0.4 is 4.57 Å². The molecule has 2 N–H and O–H groups in total. The lowest BCUT2D eigenvalue weighted by Crippen LogP contribution is -2.32. The fourth-order valence-corrected chi connectivity index (χ4v) is 0.767. The van der Waals surface area contributed by atoms with Crippen LogP contribution in [0.4, 0.5) is 0 Å². The zero-order chi connectivity index (χ0) is 11.9. The van der Waals surface area contributed by atoms with Gasteiger partial charge in [0.05, 0.1) is 12.8 Å². The second-order valence-electron chi connectivity index (χ2n) is 2.43. The van der Waals surface area contributed by atoms with E-state index in [0.29, 0.717) is 6.54 Å². The number of aliphatic hydroxyl groups excluding tert-OH is 1. The summed E-state index contributed by atoms with van der Waals surface area (Å²) in [5.41, 5.74) is 0. The molecule has 0 atom stereocenters. The van der Waals surface area contributed by atoms with Gasteiger partial charge in [0, 0.05) is 0 Å². The van der Waals surface area contributed by atoms with E-state index in [9.17, 15) is 0 Å². The van der Waals surface area contributed by atoms with E-state index in [0.717, 1.165) is 0 Å². The Bertz CT molecular complexity index is 389. The average Bonchev–Trinajstić information content (AvgIpc) is 2.50. The second-order valence-corrected chi connectivity index (χ2v) is 3.29. The van der Waals surface area contributed by atoms with Gasteiger partial charge in [0.1, 0.15) is 18.9 Å². The molecule has 0 fully saturated rings. The summed E-state index contributed by atoms with van der Waals surface area (Å²) in [4.78, 5) is 0. The van der Waals surface area contributed by atoms with E-state index < -0.39 is 10.4 Å². The van der Waals surface area contributed by atoms with Crippen molar-refractivity contribution in [2.45, 2.75) is 6.54 Å². The van der Waals surface area contributed by atoms with Gasteiger partial charge in [-0.3, -0.25) is 4.55 Å². The van der Waals surface area contributed by atoms with E-state index in [4.69, 9.17) is 22.6 Å². The molecule has 0 unspecified atom stereocenters.